The average Bonchev–Trinajstić information content (AvgIpc) is 2.57. The number of halogens is 1. The number of nitrogens with one attached hydrogen (secondary N) is 1. The van der Waals surface area contributed by atoms with Crippen molar-refractivity contribution in [1.29, 1.82) is 0 Å². The van der Waals surface area contributed by atoms with E-state index >= 15 is 0 Å². The van der Waals surface area contributed by atoms with Crippen molar-refractivity contribution in [3.8, 4) is 0 Å². The quantitative estimate of drug-likeness (QED) is 0.684. The van der Waals surface area contributed by atoms with E-state index in [9.17, 15) is 0 Å². The molecular formula is C13H23BrN4. The van der Waals surface area contributed by atoms with Crippen molar-refractivity contribution in [3.63, 3.8) is 0 Å². The third-order valence-electron chi connectivity index (χ3n) is 2.72. The van der Waals surface area contributed by atoms with Gasteiger partial charge in [-0.2, -0.15) is 0 Å². The topological polar surface area (TPSA) is 32.6 Å². The Morgan fingerprint density at radius 1 is 1.56 bits per heavy atom. The van der Waals surface area contributed by atoms with Crippen LogP contribution in [0.4, 0.5) is 0 Å². The molecule has 1 aromatic heterocycles. The highest BCUT2D eigenvalue weighted by Gasteiger charge is 2.09. The molecule has 1 aromatic rings. The van der Waals surface area contributed by atoms with Crippen LogP contribution in [0, 0.1) is 5.92 Å². The third-order valence-corrected chi connectivity index (χ3v) is 3.15. The molecule has 1 heterocycles. The third kappa shape index (κ3) is 4.37. The summed E-state index contributed by atoms with van der Waals surface area (Å²) in [5.41, 5.74) is 1.25. The van der Waals surface area contributed by atoms with Gasteiger partial charge >= 0.3 is 0 Å². The van der Waals surface area contributed by atoms with Crippen molar-refractivity contribution in [2.24, 2.45) is 18.0 Å². The van der Waals surface area contributed by atoms with Gasteiger partial charge in [-0.3, -0.25) is 4.99 Å². The van der Waals surface area contributed by atoms with Gasteiger partial charge in [-0.05, 0) is 27.9 Å². The molecule has 0 fully saturated rings. The zero-order chi connectivity index (χ0) is 13.7. The number of nitrogens with zero attached hydrogens (tertiary/aromatic N) is 3. The Morgan fingerprint density at radius 2 is 2.22 bits per heavy atom. The summed E-state index contributed by atoms with van der Waals surface area (Å²) in [5.74, 6) is 1.54. The molecule has 0 unspecified atom stereocenters. The zero-order valence-corrected chi connectivity index (χ0v) is 13.5. The maximum atomic E-state index is 4.30. The summed E-state index contributed by atoms with van der Waals surface area (Å²) < 4.78 is 3.23. The first-order valence-electron chi connectivity index (χ1n) is 6.16. The van der Waals surface area contributed by atoms with Crippen LogP contribution in [0.15, 0.2) is 21.7 Å². The number of aliphatic imine (C=N–C) groups is 1. The van der Waals surface area contributed by atoms with E-state index in [1.807, 2.05) is 7.05 Å². The summed E-state index contributed by atoms with van der Waals surface area (Å²) in [5, 5.41) is 3.37. The van der Waals surface area contributed by atoms with E-state index in [1.165, 1.54) is 5.69 Å². The van der Waals surface area contributed by atoms with E-state index in [-0.39, 0.29) is 0 Å². The monoisotopic (exact) mass is 314 g/mol. The highest BCUT2D eigenvalue weighted by Crippen LogP contribution is 2.14. The van der Waals surface area contributed by atoms with Crippen LogP contribution in [0.2, 0.25) is 0 Å². The maximum Gasteiger partial charge on any atom is 0.193 e. The fourth-order valence-electron chi connectivity index (χ4n) is 1.72. The first-order chi connectivity index (χ1) is 8.43. The number of hydrogen-bond donors (Lipinski definition) is 1. The summed E-state index contributed by atoms with van der Waals surface area (Å²) in [4.78, 5) is 6.43. The Balaban J connectivity index is 2.63. The Labute approximate surface area is 118 Å². The second kappa shape index (κ2) is 6.83. The molecule has 0 amide bonds. The van der Waals surface area contributed by atoms with Crippen LogP contribution in [0.3, 0.4) is 0 Å². The minimum absolute atomic E-state index is 0.610. The van der Waals surface area contributed by atoms with Crippen LogP contribution >= 0.6 is 15.9 Å². The zero-order valence-electron chi connectivity index (χ0n) is 11.9. The lowest BCUT2D eigenvalue weighted by molar-refractivity contribution is 0.454. The van der Waals surface area contributed by atoms with Crippen molar-refractivity contribution < 1.29 is 0 Å². The van der Waals surface area contributed by atoms with Gasteiger partial charge in [0.1, 0.15) is 0 Å². The molecule has 0 aliphatic heterocycles. The smallest absolute Gasteiger partial charge is 0.193 e. The summed E-state index contributed by atoms with van der Waals surface area (Å²) in [6, 6.07) is 2.13. The summed E-state index contributed by atoms with van der Waals surface area (Å²) in [6.07, 6.45) is 2.06. The second-order valence-corrected chi connectivity index (χ2v) is 5.85. The average molecular weight is 315 g/mol. The second-order valence-electron chi connectivity index (χ2n) is 4.94. The number of aryl methyl sites for hydroxylation is 1. The predicted molar refractivity (Wildman–Crippen MR) is 80.8 cm³/mol. The van der Waals surface area contributed by atoms with E-state index in [4.69, 9.17) is 0 Å². The SMILES string of the molecule is CN=C(NCC(C)C)N(C)Cc1cc(Br)cn1C. The number of hydrogen-bond acceptors (Lipinski definition) is 1. The molecule has 1 N–H and O–H groups in total. The van der Waals surface area contributed by atoms with Crippen LogP contribution < -0.4 is 5.32 Å². The Bertz CT molecular complexity index is 409. The van der Waals surface area contributed by atoms with Crippen LogP contribution in [-0.2, 0) is 13.6 Å². The largest absolute Gasteiger partial charge is 0.356 e. The lowest BCUT2D eigenvalue weighted by Crippen LogP contribution is -2.40. The van der Waals surface area contributed by atoms with Gasteiger partial charge in [-0.1, -0.05) is 13.8 Å². The highest BCUT2D eigenvalue weighted by molar-refractivity contribution is 9.10. The Hall–Kier alpha value is -0.970. The molecule has 0 spiro atoms. The fraction of sp³-hybridized carbons (Fsp3) is 0.615. The van der Waals surface area contributed by atoms with E-state index in [0.717, 1.165) is 23.5 Å². The Kier molecular flexibility index (Phi) is 5.72. The van der Waals surface area contributed by atoms with Crippen molar-refractivity contribution in [2.75, 3.05) is 20.6 Å². The molecule has 5 heteroatoms. The van der Waals surface area contributed by atoms with Crippen molar-refractivity contribution >= 4 is 21.9 Å². The predicted octanol–water partition coefficient (Wildman–Crippen LogP) is 2.45. The van der Waals surface area contributed by atoms with E-state index in [2.05, 4.69) is 75.9 Å². The van der Waals surface area contributed by atoms with Gasteiger partial charge in [0.2, 0.25) is 0 Å². The standard InChI is InChI=1S/C13H23BrN4/c1-10(2)7-16-13(15-3)18(5)9-12-6-11(14)8-17(12)4/h6,8,10H,7,9H2,1-5H3,(H,15,16). The van der Waals surface area contributed by atoms with Gasteiger partial charge in [0.25, 0.3) is 0 Å². The molecular weight excluding hydrogens is 292 g/mol. The first-order valence-corrected chi connectivity index (χ1v) is 6.95. The summed E-state index contributed by atoms with van der Waals surface area (Å²) in [6.45, 7) is 6.15. The van der Waals surface area contributed by atoms with Gasteiger partial charge in [0.05, 0.1) is 6.54 Å². The minimum atomic E-state index is 0.610. The van der Waals surface area contributed by atoms with Gasteiger partial charge in [0.15, 0.2) is 5.96 Å². The highest BCUT2D eigenvalue weighted by atomic mass is 79.9. The van der Waals surface area contributed by atoms with E-state index in [0.29, 0.717) is 5.92 Å². The fourth-order valence-corrected chi connectivity index (χ4v) is 2.29. The molecule has 0 aliphatic carbocycles. The molecule has 102 valence electrons. The van der Waals surface area contributed by atoms with Gasteiger partial charge in [-0.25, -0.2) is 0 Å². The number of guanidine groups is 1. The van der Waals surface area contributed by atoms with Crippen molar-refractivity contribution in [3.05, 3.63) is 22.4 Å². The summed E-state index contributed by atoms with van der Waals surface area (Å²) in [7, 11) is 5.93. The molecule has 0 aromatic carbocycles. The van der Waals surface area contributed by atoms with Crippen LogP contribution in [0.1, 0.15) is 19.5 Å². The van der Waals surface area contributed by atoms with E-state index in [1.54, 1.807) is 0 Å². The first kappa shape index (κ1) is 15.1. The van der Waals surface area contributed by atoms with Gasteiger partial charge in [-0.15, -0.1) is 0 Å². The Morgan fingerprint density at radius 3 is 2.67 bits per heavy atom. The summed E-state index contributed by atoms with van der Waals surface area (Å²) >= 11 is 3.49. The van der Waals surface area contributed by atoms with Gasteiger partial charge < -0.3 is 14.8 Å². The lowest BCUT2D eigenvalue weighted by Gasteiger charge is -2.23. The molecule has 18 heavy (non-hydrogen) atoms. The molecule has 4 nitrogen and oxygen atoms in total. The van der Waals surface area contributed by atoms with Crippen molar-refractivity contribution in [1.82, 2.24) is 14.8 Å². The van der Waals surface area contributed by atoms with Crippen molar-refractivity contribution in [2.45, 2.75) is 20.4 Å². The minimum Gasteiger partial charge on any atom is -0.356 e. The van der Waals surface area contributed by atoms with Gasteiger partial charge in [0, 0.05) is 44.1 Å². The van der Waals surface area contributed by atoms with Crippen LogP contribution in [0.25, 0.3) is 0 Å². The van der Waals surface area contributed by atoms with Crippen LogP contribution in [0.5, 0.6) is 0 Å². The molecule has 0 bridgehead atoms. The van der Waals surface area contributed by atoms with Crippen LogP contribution in [-0.4, -0.2) is 36.1 Å². The maximum absolute atomic E-state index is 4.30. The lowest BCUT2D eigenvalue weighted by atomic mass is 10.2. The molecule has 0 aliphatic rings. The molecule has 0 saturated heterocycles. The molecule has 1 rings (SSSR count). The molecule has 0 saturated carbocycles. The van der Waals surface area contributed by atoms with E-state index < -0.39 is 0 Å². The normalized spacial score (nSPS) is 12.1. The molecule has 0 radical (unpaired) electrons. The number of aromatic nitrogens is 1. The number of rotatable bonds is 4. The molecule has 0 atom stereocenters.